The van der Waals surface area contributed by atoms with Crippen LogP contribution in [0, 0.1) is 27.7 Å². The van der Waals surface area contributed by atoms with Crippen LogP contribution < -0.4 is 11.1 Å². The number of aryl methyl sites for hydroxylation is 4. The first kappa shape index (κ1) is 25.1. The van der Waals surface area contributed by atoms with Crippen LogP contribution in [0.4, 0.5) is 0 Å². The molecule has 0 saturated heterocycles. The van der Waals surface area contributed by atoms with Gasteiger partial charge >= 0.3 is 0 Å². The van der Waals surface area contributed by atoms with E-state index in [4.69, 9.17) is 9.97 Å². The highest BCUT2D eigenvalue weighted by Gasteiger charge is 2.22. The summed E-state index contributed by atoms with van der Waals surface area (Å²) in [5.74, 6) is 0. The number of aromatic nitrogens is 4. The topological polar surface area (TPSA) is 69.8 Å². The first-order chi connectivity index (χ1) is 18.3. The maximum Gasteiger partial charge on any atom is 0.267 e. The lowest BCUT2D eigenvalue weighted by atomic mass is 10.2. The summed E-state index contributed by atoms with van der Waals surface area (Å²) in [4.78, 5) is 41.0. The summed E-state index contributed by atoms with van der Waals surface area (Å²) < 4.78 is 3.31. The Morgan fingerprint density at radius 2 is 0.974 bits per heavy atom. The molecule has 6 aromatic rings. The molecule has 0 unspecified atom stereocenters. The molecule has 4 heterocycles. The Kier molecular flexibility index (Phi) is 6.51. The van der Waals surface area contributed by atoms with Crippen molar-refractivity contribution in [2.24, 2.45) is 0 Å². The van der Waals surface area contributed by atoms with E-state index < -0.39 is 0 Å². The van der Waals surface area contributed by atoms with Crippen LogP contribution in [-0.2, 0) is 0 Å². The standard InChI is InChI=1S/C28H22N4O2S4/c1-15-17(3)35-23-21(15)25(33)31(19-11-7-5-8-12-19)27(29-23)37-38-28-30-24-22(16(2)18(4)36-24)26(34)32(28)20-13-9-6-10-14-20/h5-14H,1-4H3. The second-order valence-electron chi connectivity index (χ2n) is 8.83. The van der Waals surface area contributed by atoms with E-state index in [2.05, 4.69) is 0 Å². The maximum atomic E-state index is 13.8. The van der Waals surface area contributed by atoms with Gasteiger partial charge in [0.25, 0.3) is 11.1 Å². The smallest absolute Gasteiger partial charge is 0.267 e. The van der Waals surface area contributed by atoms with Gasteiger partial charge in [-0.15, -0.1) is 22.7 Å². The molecule has 0 fully saturated rings. The largest absolute Gasteiger partial charge is 0.268 e. The average molecular weight is 575 g/mol. The summed E-state index contributed by atoms with van der Waals surface area (Å²) in [6, 6.07) is 19.1. The number of nitrogens with zero attached hydrogens (tertiary/aromatic N) is 4. The van der Waals surface area contributed by atoms with Crippen LogP contribution in [0.5, 0.6) is 0 Å². The number of benzene rings is 2. The third-order valence-electron chi connectivity index (χ3n) is 6.56. The van der Waals surface area contributed by atoms with E-state index in [1.165, 1.54) is 44.3 Å². The molecule has 2 aromatic carbocycles. The number of thiophene rings is 2. The van der Waals surface area contributed by atoms with Crippen LogP contribution in [0.2, 0.25) is 0 Å². The summed E-state index contributed by atoms with van der Waals surface area (Å²) >= 11 is 3.05. The minimum absolute atomic E-state index is 0.0977. The molecule has 38 heavy (non-hydrogen) atoms. The molecule has 0 aliphatic carbocycles. The molecule has 0 bridgehead atoms. The van der Waals surface area contributed by atoms with Gasteiger partial charge in [0.2, 0.25) is 0 Å². The Hall–Kier alpha value is -3.18. The quantitative estimate of drug-likeness (QED) is 0.160. The predicted molar refractivity (Wildman–Crippen MR) is 161 cm³/mol. The zero-order valence-electron chi connectivity index (χ0n) is 21.0. The number of hydrogen-bond donors (Lipinski definition) is 0. The van der Waals surface area contributed by atoms with E-state index in [-0.39, 0.29) is 11.1 Å². The fraction of sp³-hybridized carbons (Fsp3) is 0.143. The van der Waals surface area contributed by atoms with Crippen molar-refractivity contribution in [2.75, 3.05) is 0 Å². The van der Waals surface area contributed by atoms with Crippen molar-refractivity contribution >= 4 is 64.7 Å². The third kappa shape index (κ3) is 4.12. The summed E-state index contributed by atoms with van der Waals surface area (Å²) in [6.45, 7) is 7.96. The summed E-state index contributed by atoms with van der Waals surface area (Å²) in [5.41, 5.74) is 3.21. The van der Waals surface area contributed by atoms with Crippen LogP contribution in [0.1, 0.15) is 20.9 Å². The van der Waals surface area contributed by atoms with Crippen molar-refractivity contribution in [3.8, 4) is 11.4 Å². The molecule has 10 heteroatoms. The zero-order valence-corrected chi connectivity index (χ0v) is 24.3. The molecule has 4 aromatic heterocycles. The van der Waals surface area contributed by atoms with Gasteiger partial charge in [0.15, 0.2) is 10.3 Å². The highest BCUT2D eigenvalue weighted by atomic mass is 33.1. The van der Waals surface area contributed by atoms with E-state index in [0.717, 1.165) is 32.3 Å². The molecular formula is C28H22N4O2S4. The molecule has 0 radical (unpaired) electrons. The monoisotopic (exact) mass is 574 g/mol. The van der Waals surface area contributed by atoms with Crippen molar-refractivity contribution in [3.05, 3.63) is 102 Å². The Labute approximate surface area is 234 Å². The van der Waals surface area contributed by atoms with Gasteiger partial charge in [-0.25, -0.2) is 9.97 Å². The van der Waals surface area contributed by atoms with E-state index >= 15 is 0 Å². The number of hydrogen-bond acceptors (Lipinski definition) is 8. The lowest BCUT2D eigenvalue weighted by Gasteiger charge is -2.14. The van der Waals surface area contributed by atoms with Gasteiger partial charge in [-0.3, -0.25) is 18.7 Å². The Morgan fingerprint density at radius 3 is 1.34 bits per heavy atom. The van der Waals surface area contributed by atoms with Gasteiger partial charge in [-0.05, 0) is 84.7 Å². The van der Waals surface area contributed by atoms with Gasteiger partial charge in [-0.1, -0.05) is 36.4 Å². The second kappa shape index (κ2) is 9.85. The zero-order chi connectivity index (χ0) is 26.6. The highest BCUT2D eigenvalue weighted by Crippen LogP contribution is 2.39. The molecular weight excluding hydrogens is 553 g/mol. The maximum absolute atomic E-state index is 13.8. The van der Waals surface area contributed by atoms with Gasteiger partial charge < -0.3 is 0 Å². The molecule has 6 rings (SSSR count). The fourth-order valence-electron chi connectivity index (χ4n) is 4.35. The predicted octanol–water partition coefficient (Wildman–Crippen LogP) is 7.24. The molecule has 0 aliphatic heterocycles. The SMILES string of the molecule is Cc1sc2nc(SSc3nc4sc(C)c(C)c4c(=O)n3-c3ccccc3)n(-c3ccccc3)c(=O)c2c1C. The molecule has 0 N–H and O–H groups in total. The van der Waals surface area contributed by atoms with E-state index in [1.54, 1.807) is 9.13 Å². The van der Waals surface area contributed by atoms with Crippen molar-refractivity contribution in [1.29, 1.82) is 0 Å². The minimum atomic E-state index is -0.0977. The first-order valence-corrected chi connectivity index (χ1v) is 15.6. The molecule has 0 atom stereocenters. The van der Waals surface area contributed by atoms with Crippen LogP contribution in [0.25, 0.3) is 31.8 Å². The molecule has 0 spiro atoms. The summed E-state index contributed by atoms with van der Waals surface area (Å²) in [7, 11) is 2.67. The summed E-state index contributed by atoms with van der Waals surface area (Å²) in [5, 5.41) is 2.37. The first-order valence-electron chi connectivity index (χ1n) is 11.9. The number of fused-ring (bicyclic) bond motifs is 2. The minimum Gasteiger partial charge on any atom is -0.268 e. The lowest BCUT2D eigenvalue weighted by Crippen LogP contribution is -2.22. The van der Waals surface area contributed by atoms with Gasteiger partial charge in [0.05, 0.1) is 22.1 Å². The van der Waals surface area contributed by atoms with Crippen molar-refractivity contribution in [3.63, 3.8) is 0 Å². The molecule has 0 saturated carbocycles. The van der Waals surface area contributed by atoms with Crippen LogP contribution in [0.15, 0.2) is 80.6 Å². The van der Waals surface area contributed by atoms with Crippen LogP contribution in [0.3, 0.4) is 0 Å². The van der Waals surface area contributed by atoms with Crippen molar-refractivity contribution < 1.29 is 0 Å². The van der Waals surface area contributed by atoms with E-state index in [0.29, 0.717) is 30.7 Å². The third-order valence-corrected chi connectivity index (χ3v) is 10.8. The number of rotatable bonds is 5. The van der Waals surface area contributed by atoms with Crippen molar-refractivity contribution in [1.82, 2.24) is 19.1 Å². The van der Waals surface area contributed by atoms with Crippen molar-refractivity contribution in [2.45, 2.75) is 38.0 Å². The molecule has 190 valence electrons. The van der Waals surface area contributed by atoms with E-state index in [1.807, 2.05) is 88.4 Å². The average Bonchev–Trinajstić information content (AvgIpc) is 3.37. The molecule has 6 nitrogen and oxygen atoms in total. The fourth-order valence-corrected chi connectivity index (χ4v) is 8.55. The van der Waals surface area contributed by atoms with Gasteiger partial charge in [0, 0.05) is 9.75 Å². The van der Waals surface area contributed by atoms with Gasteiger partial charge in [0.1, 0.15) is 9.66 Å². The Balaban J connectivity index is 1.54. The molecule has 0 amide bonds. The van der Waals surface area contributed by atoms with Crippen LogP contribution >= 0.6 is 44.3 Å². The summed E-state index contributed by atoms with van der Waals surface area (Å²) in [6.07, 6.45) is 0. The Morgan fingerprint density at radius 1 is 0.605 bits per heavy atom. The lowest BCUT2D eigenvalue weighted by molar-refractivity contribution is 0.820. The van der Waals surface area contributed by atoms with E-state index in [9.17, 15) is 9.59 Å². The highest BCUT2D eigenvalue weighted by molar-refractivity contribution is 8.76. The Bertz CT molecular complexity index is 1810. The normalized spacial score (nSPS) is 11.6. The van der Waals surface area contributed by atoms with Crippen LogP contribution in [-0.4, -0.2) is 19.1 Å². The number of para-hydroxylation sites is 2. The second-order valence-corrected chi connectivity index (χ2v) is 13.3. The molecule has 0 aliphatic rings. The van der Waals surface area contributed by atoms with Gasteiger partial charge in [-0.2, -0.15) is 0 Å².